The molecule has 0 aliphatic rings. The second-order valence-electron chi connectivity index (χ2n) is 3.04. The molecule has 8 heteroatoms. The van der Waals surface area contributed by atoms with Crippen LogP contribution in [-0.4, -0.2) is 137 Å². The van der Waals surface area contributed by atoms with Gasteiger partial charge in [-0.3, -0.25) is 9.59 Å². The first kappa shape index (κ1) is 23.5. The Morgan fingerprint density at radius 1 is 1.18 bits per heavy atom. The van der Waals surface area contributed by atoms with Gasteiger partial charge in [0, 0.05) is 11.8 Å². The molecule has 0 unspecified atom stereocenters. The van der Waals surface area contributed by atoms with Gasteiger partial charge in [-0.25, -0.2) is 4.79 Å². The zero-order valence-electron chi connectivity index (χ0n) is 8.48. The van der Waals surface area contributed by atoms with E-state index < -0.39 is 24.4 Å². The molecule has 6 nitrogen and oxygen atoms in total. The summed E-state index contributed by atoms with van der Waals surface area (Å²) in [7, 11) is 0. The van der Waals surface area contributed by atoms with Gasteiger partial charge < -0.3 is 15.5 Å². The minimum absolute atomic E-state index is 0. The summed E-state index contributed by atoms with van der Waals surface area (Å²) in [5.41, 5.74) is 0.339. The Morgan fingerprint density at radius 3 is 1.94 bits per heavy atom. The number of ketones is 1. The van der Waals surface area contributed by atoms with Crippen molar-refractivity contribution in [3.05, 3.63) is 11.8 Å². The van der Waals surface area contributed by atoms with Crippen molar-refractivity contribution in [3.63, 3.8) is 0 Å². The van der Waals surface area contributed by atoms with Crippen molar-refractivity contribution < 1.29 is 24.6 Å². The average molecular weight is 295 g/mol. The summed E-state index contributed by atoms with van der Waals surface area (Å²) in [5.74, 6) is -2.70. The quantitative estimate of drug-likeness (QED) is 0.416. The SMILES string of the molecule is CC(=O)/C(C)=C/N[C@@H](CC(=O)O)C(=O)O.[KH].[KH]. The van der Waals surface area contributed by atoms with Crippen LogP contribution in [0.25, 0.3) is 0 Å². The van der Waals surface area contributed by atoms with Crippen molar-refractivity contribution in [2.45, 2.75) is 26.3 Å². The van der Waals surface area contributed by atoms with Gasteiger partial charge in [-0.1, -0.05) is 0 Å². The predicted octanol–water partition coefficient (Wildman–Crippen LogP) is -1.30. The topological polar surface area (TPSA) is 104 Å². The van der Waals surface area contributed by atoms with Crippen molar-refractivity contribution >= 4 is 120 Å². The van der Waals surface area contributed by atoms with Gasteiger partial charge >= 0.3 is 115 Å². The van der Waals surface area contributed by atoms with Crippen LogP contribution in [0, 0.1) is 0 Å². The molecule has 88 valence electrons. The number of carboxylic acids is 2. The van der Waals surface area contributed by atoms with Crippen molar-refractivity contribution in [1.29, 1.82) is 0 Å². The summed E-state index contributed by atoms with van der Waals surface area (Å²) in [5, 5.41) is 19.4. The molecular weight excluding hydrogens is 280 g/mol. The molecule has 0 amide bonds. The first-order valence-corrected chi connectivity index (χ1v) is 4.23. The number of rotatable bonds is 6. The van der Waals surface area contributed by atoms with Crippen LogP contribution < -0.4 is 5.32 Å². The van der Waals surface area contributed by atoms with E-state index in [4.69, 9.17) is 10.2 Å². The zero-order chi connectivity index (χ0) is 12.0. The van der Waals surface area contributed by atoms with E-state index in [1.165, 1.54) is 20.0 Å². The van der Waals surface area contributed by atoms with E-state index in [9.17, 15) is 14.4 Å². The van der Waals surface area contributed by atoms with E-state index in [2.05, 4.69) is 5.32 Å². The first-order valence-electron chi connectivity index (χ1n) is 4.23. The molecule has 0 radical (unpaired) electrons. The van der Waals surface area contributed by atoms with E-state index in [-0.39, 0.29) is 109 Å². The van der Waals surface area contributed by atoms with Crippen molar-refractivity contribution in [3.8, 4) is 0 Å². The van der Waals surface area contributed by atoms with E-state index in [1.54, 1.807) is 0 Å². The molecule has 0 rings (SSSR count). The van der Waals surface area contributed by atoms with Crippen LogP contribution in [-0.2, 0) is 14.4 Å². The number of nitrogens with one attached hydrogen (secondary N) is 1. The van der Waals surface area contributed by atoms with E-state index >= 15 is 0 Å². The monoisotopic (exact) mass is 295 g/mol. The van der Waals surface area contributed by atoms with Gasteiger partial charge in [-0.2, -0.15) is 0 Å². The molecule has 0 spiro atoms. The van der Waals surface area contributed by atoms with Crippen molar-refractivity contribution in [1.82, 2.24) is 5.32 Å². The van der Waals surface area contributed by atoms with Crippen LogP contribution in [0.3, 0.4) is 0 Å². The molecule has 3 N–H and O–H groups in total. The summed E-state index contributed by atoms with van der Waals surface area (Å²) in [6.07, 6.45) is 0.668. The third-order valence-electron chi connectivity index (χ3n) is 1.73. The Balaban J connectivity index is -0.000000980. The number of hydrogen-bond donors (Lipinski definition) is 3. The fraction of sp³-hybridized carbons (Fsp3) is 0.444. The summed E-state index contributed by atoms with van der Waals surface area (Å²) in [4.78, 5) is 31.7. The van der Waals surface area contributed by atoms with Crippen LogP contribution in [0.5, 0.6) is 0 Å². The molecular formula is C9H15K2NO5. The number of Topliss-reactive ketones (excluding diaryl/α,β-unsaturated/α-hetero) is 1. The van der Waals surface area contributed by atoms with Crippen LogP contribution in [0.15, 0.2) is 11.8 Å². The molecule has 0 fully saturated rings. The molecule has 0 aromatic carbocycles. The molecule has 0 aliphatic carbocycles. The minimum atomic E-state index is -1.27. The number of allylic oxidation sites excluding steroid dienone is 1. The molecule has 0 heterocycles. The van der Waals surface area contributed by atoms with Crippen LogP contribution >= 0.6 is 0 Å². The number of carboxylic acid groups (broad SMARTS) is 2. The molecule has 1 atom stereocenters. The number of carbonyl (C=O) groups excluding carboxylic acids is 1. The molecule has 17 heavy (non-hydrogen) atoms. The second kappa shape index (κ2) is 12.5. The van der Waals surface area contributed by atoms with Crippen LogP contribution in [0.1, 0.15) is 20.3 Å². The molecule has 0 aliphatic heterocycles. The second-order valence-corrected chi connectivity index (χ2v) is 3.04. The Morgan fingerprint density at radius 2 is 1.65 bits per heavy atom. The molecule has 0 aromatic heterocycles. The number of aliphatic carboxylic acids is 2. The fourth-order valence-electron chi connectivity index (χ4n) is 0.719. The normalized spacial score (nSPS) is 11.5. The Kier molecular flexibility index (Phi) is 17.2. The van der Waals surface area contributed by atoms with Crippen LogP contribution in [0.4, 0.5) is 0 Å². The Bertz CT molecular complexity index is 317. The summed E-state index contributed by atoms with van der Waals surface area (Å²) in [6, 6.07) is -1.23. The molecule has 0 saturated carbocycles. The average Bonchev–Trinajstić information content (AvgIpc) is 2.10. The Labute approximate surface area is 184 Å². The summed E-state index contributed by atoms with van der Waals surface area (Å²) >= 11 is 0. The summed E-state index contributed by atoms with van der Waals surface area (Å²) in [6.45, 7) is 2.84. The van der Waals surface area contributed by atoms with Gasteiger partial charge in [0.15, 0.2) is 5.78 Å². The fourth-order valence-corrected chi connectivity index (χ4v) is 0.719. The van der Waals surface area contributed by atoms with Gasteiger partial charge in [0.2, 0.25) is 0 Å². The van der Waals surface area contributed by atoms with E-state index in [0.29, 0.717) is 5.57 Å². The number of carbonyl (C=O) groups is 3. The Hall–Kier alpha value is 1.42. The van der Waals surface area contributed by atoms with Crippen molar-refractivity contribution in [2.24, 2.45) is 0 Å². The maximum absolute atomic E-state index is 10.8. The number of hydrogen-bond acceptors (Lipinski definition) is 4. The van der Waals surface area contributed by atoms with Gasteiger partial charge in [0.05, 0.1) is 6.42 Å². The van der Waals surface area contributed by atoms with Gasteiger partial charge in [-0.15, -0.1) is 0 Å². The van der Waals surface area contributed by atoms with Crippen molar-refractivity contribution in [2.75, 3.05) is 0 Å². The van der Waals surface area contributed by atoms with Gasteiger partial charge in [0.25, 0.3) is 0 Å². The van der Waals surface area contributed by atoms with Crippen LogP contribution in [0.2, 0.25) is 0 Å². The summed E-state index contributed by atoms with van der Waals surface area (Å²) < 4.78 is 0. The predicted molar refractivity (Wildman–Crippen MR) is 65.5 cm³/mol. The molecule has 0 aromatic rings. The third kappa shape index (κ3) is 12.2. The van der Waals surface area contributed by atoms with E-state index in [1.807, 2.05) is 0 Å². The molecule has 0 saturated heterocycles. The van der Waals surface area contributed by atoms with E-state index in [0.717, 1.165) is 0 Å². The first-order chi connectivity index (χ1) is 6.84. The maximum atomic E-state index is 10.8. The zero-order valence-corrected chi connectivity index (χ0v) is 8.48. The third-order valence-corrected chi connectivity index (χ3v) is 1.73. The molecule has 0 bridgehead atoms. The standard InChI is InChI=1S/C9H13NO5.2K.2H/c1-5(6(2)11)4-10-7(9(14)15)3-8(12)13;;;;/h4,7,10H,3H2,1-2H3,(H,12,13)(H,14,15);;;;/b5-4+;;;;/t7-;;;;/m0..../s1. The van der Waals surface area contributed by atoms with Gasteiger partial charge in [0.1, 0.15) is 6.04 Å². The van der Waals surface area contributed by atoms with Gasteiger partial charge in [-0.05, 0) is 13.8 Å².